The highest BCUT2D eigenvalue weighted by atomic mass is 35.5. The first-order valence-electron chi connectivity index (χ1n) is 11.2. The Kier molecular flexibility index (Phi) is 8.10. The number of fused-ring (bicyclic) bond motifs is 1. The number of sulfonamides is 1. The van der Waals surface area contributed by atoms with Crippen molar-refractivity contribution in [2.24, 2.45) is 0 Å². The van der Waals surface area contributed by atoms with Crippen molar-refractivity contribution < 1.29 is 17.6 Å². The van der Waals surface area contributed by atoms with Crippen molar-refractivity contribution in [3.05, 3.63) is 107 Å². The zero-order valence-corrected chi connectivity index (χ0v) is 20.7. The van der Waals surface area contributed by atoms with Gasteiger partial charge in [-0.25, -0.2) is 17.5 Å². The van der Waals surface area contributed by atoms with E-state index in [0.29, 0.717) is 29.1 Å². The van der Waals surface area contributed by atoms with Crippen LogP contribution in [0.5, 0.6) is 0 Å². The Hall–Kier alpha value is -3.59. The van der Waals surface area contributed by atoms with Gasteiger partial charge in [0.25, 0.3) is 0 Å². The maximum atomic E-state index is 13.0. The topological polar surface area (TPSA) is 88.2 Å². The Balaban J connectivity index is 1.28. The number of benzene rings is 3. The molecule has 0 atom stereocenters. The van der Waals surface area contributed by atoms with Crippen molar-refractivity contribution in [3.8, 4) is 0 Å². The molecule has 4 aromatic rings. The molecule has 0 bridgehead atoms. The van der Waals surface area contributed by atoms with Crippen LogP contribution in [0.3, 0.4) is 0 Å². The van der Waals surface area contributed by atoms with Crippen LogP contribution >= 0.6 is 11.6 Å². The summed E-state index contributed by atoms with van der Waals surface area (Å²) >= 11 is 6.03. The Bertz CT molecular complexity index is 1510. The highest BCUT2D eigenvalue weighted by Gasteiger charge is 2.14. The molecule has 0 saturated heterocycles. The van der Waals surface area contributed by atoms with E-state index >= 15 is 0 Å². The molecule has 0 aliphatic rings. The fourth-order valence-corrected chi connectivity index (χ4v) is 4.78. The largest absolute Gasteiger partial charge is 0.383 e. The minimum atomic E-state index is -3.72. The molecule has 0 fully saturated rings. The van der Waals surface area contributed by atoms with Crippen LogP contribution in [-0.4, -0.2) is 32.3 Å². The van der Waals surface area contributed by atoms with Gasteiger partial charge in [0.15, 0.2) is 5.78 Å². The highest BCUT2D eigenvalue weighted by molar-refractivity contribution is 7.89. The van der Waals surface area contributed by atoms with Crippen LogP contribution < -0.4 is 10.0 Å². The summed E-state index contributed by atoms with van der Waals surface area (Å²) in [4.78, 5) is 16.6. The van der Waals surface area contributed by atoms with Gasteiger partial charge in [-0.15, -0.1) is 0 Å². The molecule has 9 heteroatoms. The van der Waals surface area contributed by atoms with Crippen LogP contribution in [0.4, 0.5) is 10.1 Å². The minimum absolute atomic E-state index is 0.0738. The van der Waals surface area contributed by atoms with E-state index in [1.54, 1.807) is 30.6 Å². The number of ketones is 1. The third-order valence-corrected chi connectivity index (χ3v) is 7.14. The Morgan fingerprint density at radius 3 is 2.47 bits per heavy atom. The molecule has 0 spiro atoms. The second-order valence-corrected chi connectivity index (χ2v) is 10.2. The second kappa shape index (κ2) is 11.4. The lowest BCUT2D eigenvalue weighted by Crippen LogP contribution is -2.26. The van der Waals surface area contributed by atoms with E-state index in [2.05, 4.69) is 15.0 Å². The van der Waals surface area contributed by atoms with Crippen molar-refractivity contribution in [2.75, 3.05) is 18.4 Å². The Morgan fingerprint density at radius 1 is 0.972 bits per heavy atom. The van der Waals surface area contributed by atoms with Crippen molar-refractivity contribution >= 4 is 49.9 Å². The van der Waals surface area contributed by atoms with E-state index < -0.39 is 10.0 Å². The SMILES string of the molecule is O=C(/C=C/c1ccc(F)cc1)c1ccc(S(=O)(=O)NCCCNc2cncc3cc(Cl)ccc23)cc1. The van der Waals surface area contributed by atoms with Crippen LogP contribution in [0.15, 0.2) is 90.1 Å². The van der Waals surface area contributed by atoms with E-state index in [9.17, 15) is 17.6 Å². The van der Waals surface area contributed by atoms with Gasteiger partial charge in [-0.05, 0) is 66.6 Å². The number of nitrogens with one attached hydrogen (secondary N) is 2. The summed E-state index contributed by atoms with van der Waals surface area (Å²) in [5.41, 5.74) is 1.88. The molecule has 0 radical (unpaired) electrons. The van der Waals surface area contributed by atoms with Crippen LogP contribution in [-0.2, 0) is 10.0 Å². The fraction of sp³-hybridized carbons (Fsp3) is 0.111. The van der Waals surface area contributed by atoms with Gasteiger partial charge in [0.1, 0.15) is 5.82 Å². The molecule has 0 aliphatic carbocycles. The van der Waals surface area contributed by atoms with Crippen molar-refractivity contribution in [1.29, 1.82) is 0 Å². The van der Waals surface area contributed by atoms with E-state index in [1.165, 1.54) is 42.5 Å². The van der Waals surface area contributed by atoms with E-state index in [4.69, 9.17) is 11.6 Å². The van der Waals surface area contributed by atoms with Gasteiger partial charge in [0.05, 0.1) is 16.8 Å². The molecular weight excluding hydrogens is 501 g/mol. The molecule has 0 amide bonds. The van der Waals surface area contributed by atoms with Gasteiger partial charge in [-0.1, -0.05) is 35.9 Å². The number of rotatable bonds is 10. The summed E-state index contributed by atoms with van der Waals surface area (Å²) < 4.78 is 40.8. The van der Waals surface area contributed by atoms with Crippen LogP contribution in [0.2, 0.25) is 5.02 Å². The zero-order chi connectivity index (χ0) is 25.5. The van der Waals surface area contributed by atoms with E-state index in [1.807, 2.05) is 18.2 Å². The average molecular weight is 524 g/mol. The lowest BCUT2D eigenvalue weighted by Gasteiger charge is -2.10. The maximum absolute atomic E-state index is 13.0. The van der Waals surface area contributed by atoms with Gasteiger partial charge in [-0.2, -0.15) is 0 Å². The first-order valence-corrected chi connectivity index (χ1v) is 13.0. The molecule has 3 aromatic carbocycles. The van der Waals surface area contributed by atoms with Crippen LogP contribution in [0.1, 0.15) is 22.3 Å². The maximum Gasteiger partial charge on any atom is 0.240 e. The number of hydrogen-bond donors (Lipinski definition) is 2. The molecule has 36 heavy (non-hydrogen) atoms. The number of anilines is 1. The van der Waals surface area contributed by atoms with Crippen molar-refractivity contribution in [2.45, 2.75) is 11.3 Å². The summed E-state index contributed by atoms with van der Waals surface area (Å²) in [5.74, 6) is -0.638. The Labute approximate surface area is 213 Å². The van der Waals surface area contributed by atoms with Crippen LogP contribution in [0, 0.1) is 5.82 Å². The van der Waals surface area contributed by atoms with E-state index in [-0.39, 0.29) is 23.0 Å². The molecule has 4 rings (SSSR count). The van der Waals surface area contributed by atoms with E-state index in [0.717, 1.165) is 16.5 Å². The molecular formula is C27H23ClFN3O3S. The standard InChI is InChI=1S/C27H23ClFN3O3S/c28-22-7-12-25-21(16-22)17-30-18-26(25)31-14-1-15-32-36(34,35)24-10-5-20(6-11-24)27(33)13-4-19-2-8-23(29)9-3-19/h2-13,16-18,31-32H,1,14-15H2/b13-4+. The number of carbonyl (C=O) groups is 1. The van der Waals surface area contributed by atoms with Gasteiger partial charge >= 0.3 is 0 Å². The third kappa shape index (κ3) is 6.54. The molecule has 6 nitrogen and oxygen atoms in total. The number of allylic oxidation sites excluding steroid dienone is 1. The number of hydrogen-bond acceptors (Lipinski definition) is 5. The lowest BCUT2D eigenvalue weighted by atomic mass is 10.1. The summed E-state index contributed by atoms with van der Waals surface area (Å²) in [5, 5.41) is 5.81. The zero-order valence-electron chi connectivity index (χ0n) is 19.1. The van der Waals surface area contributed by atoms with Gasteiger partial charge in [0, 0.05) is 40.6 Å². The number of aromatic nitrogens is 1. The molecule has 0 aliphatic heterocycles. The van der Waals surface area contributed by atoms with Gasteiger partial charge < -0.3 is 5.32 Å². The highest BCUT2D eigenvalue weighted by Crippen LogP contribution is 2.25. The van der Waals surface area contributed by atoms with Crippen molar-refractivity contribution in [1.82, 2.24) is 9.71 Å². The molecule has 0 unspecified atom stereocenters. The first kappa shape index (κ1) is 25.5. The summed E-state index contributed by atoms with van der Waals surface area (Å²) in [6.45, 7) is 0.778. The predicted octanol–water partition coefficient (Wildman–Crippen LogP) is 5.70. The summed E-state index contributed by atoms with van der Waals surface area (Å²) in [6, 6.07) is 17.0. The third-order valence-electron chi connectivity index (χ3n) is 5.43. The quantitative estimate of drug-likeness (QED) is 0.158. The summed E-state index contributed by atoms with van der Waals surface area (Å²) in [6.07, 6.45) is 6.95. The van der Waals surface area contributed by atoms with Gasteiger partial charge in [0.2, 0.25) is 10.0 Å². The minimum Gasteiger partial charge on any atom is -0.383 e. The second-order valence-electron chi connectivity index (χ2n) is 8.00. The molecule has 2 N–H and O–H groups in total. The summed E-state index contributed by atoms with van der Waals surface area (Å²) in [7, 11) is -3.72. The monoisotopic (exact) mass is 523 g/mol. The first-order chi connectivity index (χ1) is 17.3. The fourth-order valence-electron chi connectivity index (χ4n) is 3.53. The number of pyridine rings is 1. The normalized spacial score (nSPS) is 11.7. The van der Waals surface area contributed by atoms with Crippen molar-refractivity contribution in [3.63, 3.8) is 0 Å². The Morgan fingerprint density at radius 2 is 1.72 bits per heavy atom. The molecule has 184 valence electrons. The number of carbonyl (C=O) groups excluding carboxylic acids is 1. The predicted molar refractivity (Wildman–Crippen MR) is 141 cm³/mol. The number of halogens is 2. The number of nitrogens with zero attached hydrogens (tertiary/aromatic N) is 1. The molecule has 1 aromatic heterocycles. The molecule has 0 saturated carbocycles. The van der Waals surface area contributed by atoms with Gasteiger partial charge in [-0.3, -0.25) is 9.78 Å². The smallest absolute Gasteiger partial charge is 0.240 e. The van der Waals surface area contributed by atoms with Crippen LogP contribution in [0.25, 0.3) is 16.8 Å². The lowest BCUT2D eigenvalue weighted by molar-refractivity contribution is 0.104. The average Bonchev–Trinajstić information content (AvgIpc) is 2.88. The molecule has 1 heterocycles.